The molecule has 0 aromatic carbocycles. The Morgan fingerprint density at radius 3 is 2.85 bits per heavy atom. The van der Waals surface area contributed by atoms with Crippen LogP contribution in [0.25, 0.3) is 0 Å². The third-order valence-corrected chi connectivity index (χ3v) is 1.83. The molecule has 0 saturated carbocycles. The second kappa shape index (κ2) is 5.51. The van der Waals surface area contributed by atoms with E-state index in [2.05, 4.69) is 29.1 Å². The first-order valence-corrected chi connectivity index (χ1v) is 4.91. The molecule has 0 aliphatic rings. The van der Waals surface area contributed by atoms with Crippen molar-refractivity contribution >= 4 is 5.82 Å². The van der Waals surface area contributed by atoms with Crippen LogP contribution in [-0.2, 0) is 6.42 Å². The molecule has 0 unspecified atom stereocenters. The van der Waals surface area contributed by atoms with Gasteiger partial charge >= 0.3 is 0 Å². The second-order valence-electron chi connectivity index (χ2n) is 3.03. The average Bonchev–Trinajstić information content (AvgIpc) is 2.16. The number of hydrogen-bond donors (Lipinski definition) is 1. The Bertz CT molecular complexity index is 248. The molecule has 3 nitrogen and oxygen atoms in total. The van der Waals surface area contributed by atoms with Gasteiger partial charge in [-0.2, -0.15) is 0 Å². The van der Waals surface area contributed by atoms with Gasteiger partial charge in [0.1, 0.15) is 5.82 Å². The van der Waals surface area contributed by atoms with Crippen LogP contribution in [0.15, 0.2) is 12.4 Å². The minimum absolute atomic E-state index is 0.885. The molecule has 72 valence electrons. The highest BCUT2D eigenvalue weighted by atomic mass is 15.0. The summed E-state index contributed by atoms with van der Waals surface area (Å²) in [5, 5.41) is 3.15. The van der Waals surface area contributed by atoms with Crippen molar-refractivity contribution in [1.29, 1.82) is 0 Å². The van der Waals surface area contributed by atoms with Crippen molar-refractivity contribution < 1.29 is 0 Å². The molecule has 0 spiro atoms. The first kappa shape index (κ1) is 9.96. The predicted octanol–water partition coefficient (Wildman–Crippen LogP) is 2.25. The van der Waals surface area contributed by atoms with E-state index in [1.807, 2.05) is 6.20 Å². The lowest BCUT2D eigenvalue weighted by atomic mass is 10.2. The molecular formula is C10H17N3. The van der Waals surface area contributed by atoms with Crippen LogP contribution in [0.4, 0.5) is 5.82 Å². The standard InChI is InChI=1S/C10H17N3/c1-3-5-6-9-7-11-8-10(13-9)12-4-2/h7-8H,3-6H2,1-2H3,(H,12,13). The van der Waals surface area contributed by atoms with E-state index in [0.717, 1.165) is 24.5 Å². The van der Waals surface area contributed by atoms with Gasteiger partial charge in [0.15, 0.2) is 0 Å². The Morgan fingerprint density at radius 2 is 2.15 bits per heavy atom. The van der Waals surface area contributed by atoms with Gasteiger partial charge in [0.2, 0.25) is 0 Å². The van der Waals surface area contributed by atoms with Crippen molar-refractivity contribution in [3.63, 3.8) is 0 Å². The molecule has 0 radical (unpaired) electrons. The SMILES string of the molecule is CCCCc1cncc(NCC)n1. The Kier molecular flexibility index (Phi) is 4.23. The number of aryl methyl sites for hydroxylation is 1. The summed E-state index contributed by atoms with van der Waals surface area (Å²) >= 11 is 0. The summed E-state index contributed by atoms with van der Waals surface area (Å²) in [7, 11) is 0. The van der Waals surface area contributed by atoms with Gasteiger partial charge in [0.05, 0.1) is 11.9 Å². The number of rotatable bonds is 5. The van der Waals surface area contributed by atoms with Crippen molar-refractivity contribution in [2.45, 2.75) is 33.1 Å². The normalized spacial score (nSPS) is 10.0. The lowest BCUT2D eigenvalue weighted by molar-refractivity contribution is 0.772. The maximum Gasteiger partial charge on any atom is 0.144 e. The van der Waals surface area contributed by atoms with Gasteiger partial charge in [0, 0.05) is 12.7 Å². The Balaban J connectivity index is 2.56. The van der Waals surface area contributed by atoms with Gasteiger partial charge in [-0.05, 0) is 19.8 Å². The van der Waals surface area contributed by atoms with Gasteiger partial charge in [-0.15, -0.1) is 0 Å². The number of unbranched alkanes of at least 4 members (excludes halogenated alkanes) is 1. The number of anilines is 1. The van der Waals surface area contributed by atoms with Crippen molar-refractivity contribution in [3.05, 3.63) is 18.1 Å². The van der Waals surface area contributed by atoms with Crippen LogP contribution in [0.2, 0.25) is 0 Å². The fraction of sp³-hybridized carbons (Fsp3) is 0.600. The molecule has 0 aliphatic carbocycles. The van der Waals surface area contributed by atoms with Crippen molar-refractivity contribution in [2.75, 3.05) is 11.9 Å². The summed E-state index contributed by atoms with van der Waals surface area (Å²) < 4.78 is 0. The van der Waals surface area contributed by atoms with E-state index in [1.54, 1.807) is 6.20 Å². The summed E-state index contributed by atoms with van der Waals surface area (Å²) in [6.07, 6.45) is 7.02. The van der Waals surface area contributed by atoms with Crippen LogP contribution < -0.4 is 5.32 Å². The second-order valence-corrected chi connectivity index (χ2v) is 3.03. The number of aromatic nitrogens is 2. The number of hydrogen-bond acceptors (Lipinski definition) is 3. The number of nitrogens with zero attached hydrogens (tertiary/aromatic N) is 2. The summed E-state index contributed by atoms with van der Waals surface area (Å²) in [6, 6.07) is 0. The lowest BCUT2D eigenvalue weighted by Crippen LogP contribution is -2.02. The highest BCUT2D eigenvalue weighted by Gasteiger charge is 1.96. The maximum absolute atomic E-state index is 4.43. The van der Waals surface area contributed by atoms with Gasteiger partial charge in [0.25, 0.3) is 0 Å². The van der Waals surface area contributed by atoms with Gasteiger partial charge in [-0.1, -0.05) is 13.3 Å². The van der Waals surface area contributed by atoms with Crippen molar-refractivity contribution in [1.82, 2.24) is 9.97 Å². The molecule has 1 rings (SSSR count). The summed E-state index contributed by atoms with van der Waals surface area (Å²) in [5.74, 6) is 0.885. The third-order valence-electron chi connectivity index (χ3n) is 1.83. The molecule has 1 aromatic rings. The molecule has 1 aromatic heterocycles. The van der Waals surface area contributed by atoms with Gasteiger partial charge in [-0.25, -0.2) is 4.98 Å². The van der Waals surface area contributed by atoms with E-state index >= 15 is 0 Å². The third kappa shape index (κ3) is 3.40. The topological polar surface area (TPSA) is 37.8 Å². The minimum Gasteiger partial charge on any atom is -0.369 e. The van der Waals surface area contributed by atoms with Crippen LogP contribution in [-0.4, -0.2) is 16.5 Å². The van der Waals surface area contributed by atoms with E-state index in [1.165, 1.54) is 12.8 Å². The quantitative estimate of drug-likeness (QED) is 0.753. The summed E-state index contributed by atoms with van der Waals surface area (Å²) in [4.78, 5) is 8.56. The van der Waals surface area contributed by atoms with Crippen LogP contribution >= 0.6 is 0 Å². The molecule has 0 atom stereocenters. The van der Waals surface area contributed by atoms with Crippen LogP contribution in [0.3, 0.4) is 0 Å². The van der Waals surface area contributed by atoms with E-state index in [4.69, 9.17) is 0 Å². The summed E-state index contributed by atoms with van der Waals surface area (Å²) in [5.41, 5.74) is 1.08. The van der Waals surface area contributed by atoms with Crippen LogP contribution in [0.1, 0.15) is 32.4 Å². The van der Waals surface area contributed by atoms with E-state index in [9.17, 15) is 0 Å². The first-order valence-electron chi connectivity index (χ1n) is 4.91. The molecule has 0 bridgehead atoms. The molecule has 0 aliphatic heterocycles. The molecular weight excluding hydrogens is 162 g/mol. The molecule has 13 heavy (non-hydrogen) atoms. The Hall–Kier alpha value is -1.12. The van der Waals surface area contributed by atoms with Crippen LogP contribution in [0.5, 0.6) is 0 Å². The molecule has 1 N–H and O–H groups in total. The molecule has 0 amide bonds. The highest BCUT2D eigenvalue weighted by molar-refractivity contribution is 5.31. The van der Waals surface area contributed by atoms with Crippen molar-refractivity contribution in [3.8, 4) is 0 Å². The van der Waals surface area contributed by atoms with Gasteiger partial charge < -0.3 is 5.32 Å². The summed E-state index contributed by atoms with van der Waals surface area (Å²) in [6.45, 7) is 5.13. The zero-order chi connectivity index (χ0) is 9.52. The Labute approximate surface area is 79.6 Å². The van der Waals surface area contributed by atoms with Crippen LogP contribution in [0, 0.1) is 0 Å². The zero-order valence-electron chi connectivity index (χ0n) is 8.38. The maximum atomic E-state index is 4.43. The first-order chi connectivity index (χ1) is 6.36. The van der Waals surface area contributed by atoms with Gasteiger partial charge in [-0.3, -0.25) is 4.98 Å². The van der Waals surface area contributed by atoms with E-state index in [0.29, 0.717) is 0 Å². The van der Waals surface area contributed by atoms with E-state index < -0.39 is 0 Å². The average molecular weight is 179 g/mol. The Morgan fingerprint density at radius 1 is 1.31 bits per heavy atom. The minimum atomic E-state index is 0.885. The van der Waals surface area contributed by atoms with Crippen molar-refractivity contribution in [2.24, 2.45) is 0 Å². The fourth-order valence-electron chi connectivity index (χ4n) is 1.15. The predicted molar refractivity (Wildman–Crippen MR) is 54.8 cm³/mol. The smallest absolute Gasteiger partial charge is 0.144 e. The zero-order valence-corrected chi connectivity index (χ0v) is 8.38. The van der Waals surface area contributed by atoms with E-state index in [-0.39, 0.29) is 0 Å². The molecule has 3 heteroatoms. The monoisotopic (exact) mass is 179 g/mol. The lowest BCUT2D eigenvalue weighted by Gasteiger charge is -2.03. The highest BCUT2D eigenvalue weighted by Crippen LogP contribution is 2.04. The molecule has 1 heterocycles. The molecule has 0 saturated heterocycles. The fourth-order valence-corrected chi connectivity index (χ4v) is 1.15. The number of nitrogens with one attached hydrogen (secondary N) is 1. The molecule has 0 fully saturated rings. The largest absolute Gasteiger partial charge is 0.369 e.